The summed E-state index contributed by atoms with van der Waals surface area (Å²) in [6.07, 6.45) is 4.55. The Morgan fingerprint density at radius 3 is 2.93 bits per heavy atom. The zero-order chi connectivity index (χ0) is 10.1. The molecule has 0 amide bonds. The second-order valence-electron chi connectivity index (χ2n) is 4.57. The van der Waals surface area contributed by atoms with E-state index in [1.54, 1.807) is 0 Å². The van der Waals surface area contributed by atoms with E-state index in [-0.39, 0.29) is 29.1 Å². The van der Waals surface area contributed by atoms with Crippen LogP contribution < -0.4 is 0 Å². The number of ketones is 1. The van der Waals surface area contributed by atoms with Crippen molar-refractivity contribution in [2.45, 2.75) is 32.1 Å². The van der Waals surface area contributed by atoms with Gasteiger partial charge in [-0.25, -0.2) is 0 Å². The molecule has 2 rings (SSSR count). The van der Waals surface area contributed by atoms with Crippen LogP contribution in [0, 0.1) is 27.9 Å². The van der Waals surface area contributed by atoms with Crippen molar-refractivity contribution in [3.63, 3.8) is 0 Å². The fourth-order valence-electron chi connectivity index (χ4n) is 2.95. The largest absolute Gasteiger partial charge is 0.299 e. The fraction of sp³-hybridized carbons (Fsp3) is 0.900. The molecule has 0 aromatic carbocycles. The number of fused-ring (bicyclic) bond motifs is 2. The quantitative estimate of drug-likeness (QED) is 0.499. The number of nitrogens with zero attached hydrogens (tertiary/aromatic N) is 1. The van der Waals surface area contributed by atoms with Gasteiger partial charge in [-0.05, 0) is 25.2 Å². The lowest BCUT2D eigenvalue weighted by atomic mass is 9.66. The van der Waals surface area contributed by atoms with Gasteiger partial charge >= 0.3 is 0 Å². The molecule has 14 heavy (non-hydrogen) atoms. The molecule has 2 saturated carbocycles. The highest BCUT2D eigenvalue weighted by Gasteiger charge is 2.40. The average molecular weight is 197 g/mol. The molecule has 0 heterocycles. The van der Waals surface area contributed by atoms with Gasteiger partial charge in [-0.3, -0.25) is 14.9 Å². The van der Waals surface area contributed by atoms with E-state index in [9.17, 15) is 14.9 Å². The molecular weight excluding hydrogens is 182 g/mol. The summed E-state index contributed by atoms with van der Waals surface area (Å²) < 4.78 is 0. The molecule has 4 nitrogen and oxygen atoms in total. The maximum atomic E-state index is 11.6. The van der Waals surface area contributed by atoms with Crippen molar-refractivity contribution in [3.05, 3.63) is 10.1 Å². The topological polar surface area (TPSA) is 60.2 Å². The van der Waals surface area contributed by atoms with Gasteiger partial charge in [-0.2, -0.15) is 0 Å². The first kappa shape index (κ1) is 9.62. The number of hydrogen-bond acceptors (Lipinski definition) is 3. The molecule has 78 valence electrons. The first-order valence-electron chi connectivity index (χ1n) is 5.31. The molecular formula is C10H15NO3. The average Bonchev–Trinajstić information content (AvgIpc) is 2.14. The van der Waals surface area contributed by atoms with Crippen LogP contribution in [0.5, 0.6) is 0 Å². The predicted octanol–water partition coefficient (Wildman–Crippen LogP) is 1.66. The number of rotatable bonds is 2. The van der Waals surface area contributed by atoms with Crippen LogP contribution in [0.2, 0.25) is 0 Å². The smallest absolute Gasteiger partial charge is 0.207 e. The lowest BCUT2D eigenvalue weighted by Crippen LogP contribution is -2.38. The summed E-state index contributed by atoms with van der Waals surface area (Å²) in [6.45, 7) is -0.0108. The summed E-state index contributed by atoms with van der Waals surface area (Å²) in [5.41, 5.74) is 0. The van der Waals surface area contributed by atoms with Crippen molar-refractivity contribution >= 4 is 5.78 Å². The van der Waals surface area contributed by atoms with Crippen molar-refractivity contribution < 1.29 is 9.72 Å². The maximum Gasteiger partial charge on any atom is 0.207 e. The lowest BCUT2D eigenvalue weighted by Gasteiger charge is -2.37. The minimum absolute atomic E-state index is 0.0108. The molecule has 2 bridgehead atoms. The lowest BCUT2D eigenvalue weighted by molar-refractivity contribution is -0.490. The van der Waals surface area contributed by atoms with E-state index in [4.69, 9.17) is 0 Å². The Hall–Kier alpha value is -0.930. The fourth-order valence-corrected chi connectivity index (χ4v) is 2.95. The molecule has 2 aliphatic carbocycles. The molecule has 0 saturated heterocycles. The summed E-state index contributed by atoms with van der Waals surface area (Å²) in [5, 5.41) is 10.4. The highest BCUT2D eigenvalue weighted by Crippen LogP contribution is 2.41. The molecule has 0 aliphatic heterocycles. The number of carbonyl (C=O) groups excluding carboxylic acids is 1. The molecule has 0 aromatic rings. The van der Waals surface area contributed by atoms with E-state index in [0.29, 0.717) is 12.3 Å². The van der Waals surface area contributed by atoms with Crippen molar-refractivity contribution in [1.82, 2.24) is 0 Å². The van der Waals surface area contributed by atoms with E-state index in [1.165, 1.54) is 0 Å². The van der Waals surface area contributed by atoms with Crippen molar-refractivity contribution in [1.29, 1.82) is 0 Å². The molecule has 0 radical (unpaired) electrons. The van der Waals surface area contributed by atoms with E-state index in [2.05, 4.69) is 0 Å². The predicted molar refractivity (Wildman–Crippen MR) is 50.4 cm³/mol. The van der Waals surface area contributed by atoms with Crippen LogP contribution >= 0.6 is 0 Å². The standard InChI is InChI=1S/C10H15NO3/c12-10-5-9(6-11(13)14)7-2-1-3-8(10)4-7/h7-9H,1-6H2/t7-,8-,9-/m1/s1. The van der Waals surface area contributed by atoms with Gasteiger partial charge in [0.1, 0.15) is 5.78 Å². The first-order valence-corrected chi connectivity index (χ1v) is 5.31. The van der Waals surface area contributed by atoms with Gasteiger partial charge in [0.15, 0.2) is 0 Å². The highest BCUT2D eigenvalue weighted by atomic mass is 16.6. The molecule has 2 aliphatic rings. The Bertz CT molecular complexity index is 264. The third-order valence-corrected chi connectivity index (χ3v) is 3.68. The molecule has 0 spiro atoms. The Balaban J connectivity index is 2.04. The third kappa shape index (κ3) is 1.79. The van der Waals surface area contributed by atoms with Crippen LogP contribution in [0.3, 0.4) is 0 Å². The van der Waals surface area contributed by atoms with E-state index in [1.807, 2.05) is 0 Å². The van der Waals surface area contributed by atoms with Crippen LogP contribution in [0.15, 0.2) is 0 Å². The summed E-state index contributed by atoms with van der Waals surface area (Å²) >= 11 is 0. The van der Waals surface area contributed by atoms with Crippen LogP contribution in [-0.4, -0.2) is 17.3 Å². The number of Topliss-reactive ketones (excluding diaryl/α,β-unsaturated/α-hetero) is 1. The Labute approximate surface area is 82.8 Å². The minimum atomic E-state index is -0.271. The SMILES string of the molecule is O=C1C[C@H](C[N+](=O)[O-])[C@@H]2CCC[C@@H]1C2. The van der Waals surface area contributed by atoms with Gasteiger partial charge in [0.25, 0.3) is 0 Å². The normalized spacial score (nSPS) is 36.9. The molecule has 4 heteroatoms. The van der Waals surface area contributed by atoms with E-state index < -0.39 is 0 Å². The van der Waals surface area contributed by atoms with Gasteiger partial charge in [0, 0.05) is 23.2 Å². The van der Waals surface area contributed by atoms with Crippen molar-refractivity contribution in [2.75, 3.05) is 6.54 Å². The van der Waals surface area contributed by atoms with Crippen LogP contribution in [0.4, 0.5) is 0 Å². The summed E-state index contributed by atoms with van der Waals surface area (Å²) in [5.74, 6) is 0.968. The van der Waals surface area contributed by atoms with Crippen LogP contribution in [0.25, 0.3) is 0 Å². The Morgan fingerprint density at radius 2 is 2.21 bits per heavy atom. The van der Waals surface area contributed by atoms with Gasteiger partial charge in [-0.1, -0.05) is 6.42 Å². The van der Waals surface area contributed by atoms with Crippen molar-refractivity contribution in [2.24, 2.45) is 17.8 Å². The van der Waals surface area contributed by atoms with Crippen LogP contribution in [0.1, 0.15) is 32.1 Å². The first-order chi connectivity index (χ1) is 6.66. The van der Waals surface area contributed by atoms with Crippen LogP contribution in [-0.2, 0) is 4.79 Å². The summed E-state index contributed by atoms with van der Waals surface area (Å²) in [6, 6.07) is 0. The Kier molecular flexibility index (Phi) is 2.52. The van der Waals surface area contributed by atoms with E-state index >= 15 is 0 Å². The third-order valence-electron chi connectivity index (χ3n) is 3.68. The van der Waals surface area contributed by atoms with E-state index in [0.717, 1.165) is 25.7 Å². The number of carbonyl (C=O) groups is 1. The van der Waals surface area contributed by atoms with Gasteiger partial charge in [0.2, 0.25) is 6.54 Å². The minimum Gasteiger partial charge on any atom is -0.299 e. The number of hydrogen-bond donors (Lipinski definition) is 0. The summed E-state index contributed by atoms with van der Waals surface area (Å²) in [7, 11) is 0. The zero-order valence-corrected chi connectivity index (χ0v) is 8.15. The Morgan fingerprint density at radius 1 is 1.43 bits per heavy atom. The highest BCUT2D eigenvalue weighted by molar-refractivity contribution is 5.82. The summed E-state index contributed by atoms with van der Waals surface area (Å²) in [4.78, 5) is 21.7. The number of nitro groups is 1. The van der Waals surface area contributed by atoms with Crippen molar-refractivity contribution in [3.8, 4) is 0 Å². The molecule has 0 aromatic heterocycles. The van der Waals surface area contributed by atoms with Gasteiger partial charge in [-0.15, -0.1) is 0 Å². The van der Waals surface area contributed by atoms with Gasteiger partial charge in [0.05, 0.1) is 0 Å². The zero-order valence-electron chi connectivity index (χ0n) is 8.15. The second kappa shape index (κ2) is 3.67. The maximum absolute atomic E-state index is 11.6. The molecule has 2 fully saturated rings. The molecule has 0 unspecified atom stereocenters. The second-order valence-corrected chi connectivity index (χ2v) is 4.57. The molecule has 0 N–H and O–H groups in total. The molecule has 3 atom stereocenters. The van der Waals surface area contributed by atoms with Gasteiger partial charge < -0.3 is 0 Å². The monoisotopic (exact) mass is 197 g/mol.